The number of benzene rings is 1. The van der Waals surface area contributed by atoms with Gasteiger partial charge in [0.15, 0.2) is 0 Å². The Hall–Kier alpha value is -1.67. The first-order chi connectivity index (χ1) is 11.4. The molecule has 138 valence electrons. The molecular formula is C17H20F3NO3S. The molecule has 0 aromatic heterocycles. The third-order valence-electron chi connectivity index (χ3n) is 3.70. The third kappa shape index (κ3) is 4.49. The second-order valence-electron chi connectivity index (χ2n) is 6.84. The zero-order chi connectivity index (χ0) is 19.0. The third-order valence-corrected chi connectivity index (χ3v) is 5.31. The van der Waals surface area contributed by atoms with Crippen LogP contribution in [0, 0.1) is 0 Å². The topological polar surface area (TPSA) is 55.4 Å². The largest absolute Gasteiger partial charge is 0.422 e. The molecule has 0 saturated carbocycles. The molecule has 1 unspecified atom stereocenters. The van der Waals surface area contributed by atoms with Gasteiger partial charge in [-0.15, -0.1) is 0 Å². The molecule has 0 fully saturated rings. The van der Waals surface area contributed by atoms with Crippen molar-refractivity contribution in [2.24, 2.45) is 0 Å². The van der Waals surface area contributed by atoms with Crippen LogP contribution < -0.4 is 9.46 Å². The summed E-state index contributed by atoms with van der Waals surface area (Å²) in [6, 6.07) is 4.55. The van der Waals surface area contributed by atoms with E-state index in [1.54, 1.807) is 45.0 Å². The molecule has 0 bridgehead atoms. The number of hydrogen-bond donors (Lipinski definition) is 1. The second-order valence-corrected chi connectivity index (χ2v) is 8.84. The highest BCUT2D eigenvalue weighted by Gasteiger charge is 2.42. The van der Waals surface area contributed by atoms with Crippen molar-refractivity contribution in [1.82, 2.24) is 4.72 Å². The van der Waals surface area contributed by atoms with Crippen LogP contribution in [0.5, 0.6) is 5.75 Å². The smallest absolute Gasteiger partial charge is 0.405 e. The molecule has 25 heavy (non-hydrogen) atoms. The van der Waals surface area contributed by atoms with E-state index in [2.05, 4.69) is 4.72 Å². The normalized spacial score (nSPS) is 19.2. The van der Waals surface area contributed by atoms with E-state index in [4.69, 9.17) is 4.74 Å². The van der Waals surface area contributed by atoms with E-state index in [-0.39, 0.29) is 11.1 Å². The maximum atomic E-state index is 13.4. The summed E-state index contributed by atoms with van der Waals surface area (Å²) in [5, 5.41) is 0. The van der Waals surface area contributed by atoms with Crippen molar-refractivity contribution >= 4 is 22.5 Å². The van der Waals surface area contributed by atoms with Gasteiger partial charge in [0.1, 0.15) is 11.8 Å². The maximum absolute atomic E-state index is 13.4. The number of alkyl halides is 3. The fraction of sp³-hybridized carbons (Fsp3) is 0.471. The quantitative estimate of drug-likeness (QED) is 0.495. The van der Waals surface area contributed by atoms with Gasteiger partial charge in [0, 0.05) is 5.56 Å². The van der Waals surface area contributed by atoms with Gasteiger partial charge in [0.05, 0.1) is 21.3 Å². The van der Waals surface area contributed by atoms with Crippen LogP contribution in [-0.4, -0.2) is 27.1 Å². The van der Waals surface area contributed by atoms with Crippen LogP contribution in [0.4, 0.5) is 13.2 Å². The van der Waals surface area contributed by atoms with Crippen LogP contribution in [0.2, 0.25) is 0 Å². The van der Waals surface area contributed by atoms with Crippen LogP contribution >= 0.6 is 0 Å². The highest BCUT2D eigenvalue weighted by atomic mass is 32.2. The number of hydrogen-bond acceptors (Lipinski definition) is 3. The standard InChI is InChI=1S/C17H20F3NO3S/c1-10(14-11-7-5-6-8-12(11)24-15(14)22)9-13(17(18,19)20)21-25(23)16(2,3)4/h5-8,13,21H,9H2,1-4H3/b14-10-/t13-,25?/m0/s1. The monoisotopic (exact) mass is 375 g/mol. The first-order valence-electron chi connectivity index (χ1n) is 7.67. The highest BCUT2D eigenvalue weighted by Crippen LogP contribution is 2.38. The van der Waals surface area contributed by atoms with Crippen molar-refractivity contribution in [3.05, 3.63) is 35.4 Å². The Morgan fingerprint density at radius 2 is 1.84 bits per heavy atom. The van der Waals surface area contributed by atoms with Crippen molar-refractivity contribution in [2.45, 2.75) is 51.1 Å². The van der Waals surface area contributed by atoms with Crippen molar-refractivity contribution in [1.29, 1.82) is 0 Å². The van der Waals surface area contributed by atoms with E-state index < -0.39 is 40.3 Å². The molecule has 1 aliphatic heterocycles. The van der Waals surface area contributed by atoms with Crippen LogP contribution in [0.25, 0.3) is 5.57 Å². The molecule has 2 atom stereocenters. The lowest BCUT2D eigenvalue weighted by Gasteiger charge is -2.26. The molecular weight excluding hydrogens is 355 g/mol. The summed E-state index contributed by atoms with van der Waals surface area (Å²) >= 11 is 0. The molecule has 8 heteroatoms. The number of rotatable bonds is 4. The molecule has 0 amide bonds. The predicted octanol–water partition coefficient (Wildman–Crippen LogP) is 3.75. The van der Waals surface area contributed by atoms with Gasteiger partial charge in [-0.1, -0.05) is 23.8 Å². The van der Waals surface area contributed by atoms with Crippen LogP contribution in [0.15, 0.2) is 29.8 Å². The molecule has 0 radical (unpaired) electrons. The van der Waals surface area contributed by atoms with E-state index in [9.17, 15) is 22.2 Å². The lowest BCUT2D eigenvalue weighted by atomic mass is 9.97. The minimum absolute atomic E-state index is 0.133. The molecule has 0 saturated heterocycles. The van der Waals surface area contributed by atoms with E-state index in [0.717, 1.165) is 0 Å². The van der Waals surface area contributed by atoms with E-state index in [0.29, 0.717) is 11.3 Å². The summed E-state index contributed by atoms with van der Waals surface area (Å²) in [7, 11) is -1.89. The fourth-order valence-corrected chi connectivity index (χ4v) is 3.19. The number of para-hydroxylation sites is 1. The van der Waals surface area contributed by atoms with Gasteiger partial charge in [-0.05, 0) is 40.2 Å². The minimum atomic E-state index is -4.61. The Labute approximate surface area is 147 Å². The van der Waals surface area contributed by atoms with Gasteiger partial charge in [-0.2, -0.15) is 13.2 Å². The predicted molar refractivity (Wildman–Crippen MR) is 90.2 cm³/mol. The molecule has 0 spiro atoms. The Morgan fingerprint density at radius 1 is 1.24 bits per heavy atom. The summed E-state index contributed by atoms with van der Waals surface area (Å²) in [5.41, 5.74) is 0.840. The molecule has 4 nitrogen and oxygen atoms in total. The number of carbonyl (C=O) groups excluding carboxylic acids is 1. The molecule has 1 aliphatic rings. The molecule has 1 aromatic carbocycles. The van der Waals surface area contributed by atoms with Crippen molar-refractivity contribution in [3.63, 3.8) is 0 Å². The number of nitrogens with one attached hydrogen (secondary N) is 1. The summed E-state index contributed by atoms with van der Waals surface area (Å²) in [5.74, 6) is -0.340. The Bertz CT molecular complexity index is 735. The van der Waals surface area contributed by atoms with Crippen LogP contribution in [-0.2, 0) is 15.8 Å². The molecule has 2 rings (SSSR count). The molecule has 1 N–H and O–H groups in total. The van der Waals surface area contributed by atoms with Crippen LogP contribution in [0.3, 0.4) is 0 Å². The van der Waals surface area contributed by atoms with E-state index >= 15 is 0 Å². The maximum Gasteiger partial charge on any atom is 0.405 e. The summed E-state index contributed by atoms with van der Waals surface area (Å²) in [6.07, 6.45) is -5.10. The SMILES string of the molecule is C/C(C[C@H](NS(=O)C(C)(C)C)C(F)(F)F)=C1/C(=O)Oc2ccccc21. The van der Waals surface area contributed by atoms with Gasteiger partial charge in [-0.3, -0.25) is 0 Å². The number of fused-ring (bicyclic) bond motifs is 1. The number of halogens is 3. The van der Waals surface area contributed by atoms with Gasteiger partial charge < -0.3 is 4.74 Å². The first kappa shape index (κ1) is 19.7. The fourth-order valence-electron chi connectivity index (χ4n) is 2.37. The summed E-state index contributed by atoms with van der Waals surface area (Å²) in [6.45, 7) is 6.21. The Morgan fingerprint density at radius 3 is 2.40 bits per heavy atom. The van der Waals surface area contributed by atoms with Gasteiger partial charge in [-0.25, -0.2) is 13.7 Å². The van der Waals surface area contributed by atoms with E-state index in [1.165, 1.54) is 6.92 Å². The first-order valence-corrected chi connectivity index (χ1v) is 8.82. The molecule has 0 aliphatic carbocycles. The van der Waals surface area contributed by atoms with Gasteiger partial charge in [0.2, 0.25) is 0 Å². The second kappa shape index (κ2) is 6.92. The number of ether oxygens (including phenoxy) is 1. The van der Waals surface area contributed by atoms with E-state index in [1.807, 2.05) is 0 Å². The lowest BCUT2D eigenvalue weighted by molar-refractivity contribution is -0.150. The molecule has 1 heterocycles. The van der Waals surface area contributed by atoms with Crippen molar-refractivity contribution in [3.8, 4) is 5.75 Å². The van der Waals surface area contributed by atoms with Crippen LogP contribution in [0.1, 0.15) is 39.7 Å². The van der Waals surface area contributed by atoms with Gasteiger partial charge >= 0.3 is 12.1 Å². The van der Waals surface area contributed by atoms with Gasteiger partial charge in [0.25, 0.3) is 0 Å². The lowest BCUT2D eigenvalue weighted by Crippen LogP contribution is -2.47. The zero-order valence-electron chi connectivity index (χ0n) is 14.4. The Kier molecular flexibility index (Phi) is 5.44. The minimum Gasteiger partial charge on any atom is -0.422 e. The van der Waals surface area contributed by atoms with Crippen molar-refractivity contribution in [2.75, 3.05) is 0 Å². The number of carbonyl (C=O) groups is 1. The summed E-state index contributed by atoms with van der Waals surface area (Å²) < 4.78 is 58.6. The van der Waals surface area contributed by atoms with Crippen molar-refractivity contribution < 1.29 is 26.9 Å². The molecule has 1 aromatic rings. The highest BCUT2D eigenvalue weighted by molar-refractivity contribution is 7.84. The zero-order valence-corrected chi connectivity index (χ0v) is 15.2. The Balaban J connectivity index is 2.33. The summed E-state index contributed by atoms with van der Waals surface area (Å²) in [4.78, 5) is 12.0. The average Bonchev–Trinajstić information content (AvgIpc) is 2.80. The number of esters is 1. The average molecular weight is 375 g/mol.